The number of hydrogen-bond acceptors (Lipinski definition) is 2. The number of amides is 1. The van der Waals surface area contributed by atoms with E-state index in [0.717, 1.165) is 6.42 Å². The van der Waals surface area contributed by atoms with Gasteiger partial charge in [0.15, 0.2) is 0 Å². The highest BCUT2D eigenvalue weighted by Gasteiger charge is 2.55. The molecule has 2 aliphatic rings. The molecule has 3 N–H and O–H groups in total. The number of carbonyl (C=O) groups is 1. The third-order valence-electron chi connectivity index (χ3n) is 3.55. The fraction of sp³-hybridized carbons (Fsp3) is 0.417. The van der Waals surface area contributed by atoms with E-state index in [0.29, 0.717) is 17.9 Å². The summed E-state index contributed by atoms with van der Waals surface area (Å²) < 4.78 is 0. The van der Waals surface area contributed by atoms with Crippen molar-refractivity contribution in [3.63, 3.8) is 0 Å². The van der Waals surface area contributed by atoms with Crippen LogP contribution in [0.25, 0.3) is 0 Å². The lowest BCUT2D eigenvalue weighted by Crippen LogP contribution is -2.34. The predicted molar refractivity (Wildman–Crippen MR) is 64.6 cm³/mol. The first kappa shape index (κ1) is 11.4. The van der Waals surface area contributed by atoms with Crippen molar-refractivity contribution in [1.82, 2.24) is 5.32 Å². The molecule has 2 aliphatic carbocycles. The van der Waals surface area contributed by atoms with Crippen LogP contribution in [0.3, 0.4) is 0 Å². The van der Waals surface area contributed by atoms with Gasteiger partial charge >= 0.3 is 0 Å². The van der Waals surface area contributed by atoms with Crippen molar-refractivity contribution in [2.24, 2.45) is 11.7 Å². The highest BCUT2D eigenvalue weighted by atomic mass is 35.5. The number of nitrogens with two attached hydrogens (primary N) is 1. The maximum absolute atomic E-state index is 11.2. The Hall–Kier alpha value is -1.06. The Balaban J connectivity index is 0.000000963. The smallest absolute Gasteiger partial charge is 0.233 e. The Morgan fingerprint density at radius 2 is 2.19 bits per heavy atom. The van der Waals surface area contributed by atoms with Crippen LogP contribution in [0.4, 0.5) is 0 Å². The molecule has 1 aromatic carbocycles. The summed E-state index contributed by atoms with van der Waals surface area (Å²) in [4.78, 5) is 11.2. The Kier molecular flexibility index (Phi) is 2.91. The molecule has 3 unspecified atom stereocenters. The van der Waals surface area contributed by atoms with E-state index in [-0.39, 0.29) is 24.9 Å². The van der Waals surface area contributed by atoms with Crippen LogP contribution in [-0.2, 0) is 11.2 Å². The van der Waals surface area contributed by atoms with Gasteiger partial charge in [-0.3, -0.25) is 4.79 Å². The second-order valence-corrected chi connectivity index (χ2v) is 4.39. The van der Waals surface area contributed by atoms with E-state index in [1.54, 1.807) is 0 Å². The van der Waals surface area contributed by atoms with Crippen molar-refractivity contribution in [3.8, 4) is 0 Å². The lowest BCUT2D eigenvalue weighted by Gasteiger charge is -2.08. The molecule has 3 atom stereocenters. The van der Waals surface area contributed by atoms with Crippen LogP contribution in [0.5, 0.6) is 0 Å². The van der Waals surface area contributed by atoms with Crippen LogP contribution in [0.2, 0.25) is 0 Å². The van der Waals surface area contributed by atoms with Crippen molar-refractivity contribution >= 4 is 18.3 Å². The van der Waals surface area contributed by atoms with E-state index < -0.39 is 0 Å². The Morgan fingerprint density at radius 1 is 1.44 bits per heavy atom. The van der Waals surface area contributed by atoms with Gasteiger partial charge in [-0.05, 0) is 23.5 Å². The number of nitrogens with one attached hydrogen (secondary N) is 1. The Labute approximate surface area is 101 Å². The first-order valence-corrected chi connectivity index (χ1v) is 5.38. The van der Waals surface area contributed by atoms with E-state index >= 15 is 0 Å². The molecular formula is C12H15ClN2O. The molecule has 4 heteroatoms. The quantitative estimate of drug-likeness (QED) is 0.802. The summed E-state index contributed by atoms with van der Waals surface area (Å²) in [5.74, 6) is 1.14. The molecule has 1 aromatic rings. The molecule has 0 spiro atoms. The lowest BCUT2D eigenvalue weighted by atomic mass is 10.1. The topological polar surface area (TPSA) is 55.1 Å². The summed E-state index contributed by atoms with van der Waals surface area (Å²) in [5.41, 5.74) is 8.15. The van der Waals surface area contributed by atoms with Gasteiger partial charge in [-0.2, -0.15) is 0 Å². The minimum absolute atomic E-state index is 0. The molecule has 86 valence electrons. The van der Waals surface area contributed by atoms with Gasteiger partial charge in [0, 0.05) is 12.0 Å². The Bertz CT molecular complexity index is 421. The molecule has 0 radical (unpaired) electrons. The molecule has 0 saturated heterocycles. The van der Waals surface area contributed by atoms with Crippen LogP contribution >= 0.6 is 12.4 Å². The number of halogens is 1. The van der Waals surface area contributed by atoms with Crippen LogP contribution in [0.1, 0.15) is 17.0 Å². The zero-order valence-electron chi connectivity index (χ0n) is 8.85. The van der Waals surface area contributed by atoms with Crippen molar-refractivity contribution in [2.75, 3.05) is 6.54 Å². The van der Waals surface area contributed by atoms with Crippen molar-refractivity contribution in [1.29, 1.82) is 0 Å². The van der Waals surface area contributed by atoms with E-state index in [1.165, 1.54) is 11.1 Å². The zero-order chi connectivity index (χ0) is 10.4. The van der Waals surface area contributed by atoms with E-state index in [9.17, 15) is 4.79 Å². The number of benzene rings is 1. The van der Waals surface area contributed by atoms with Crippen LogP contribution in [0.15, 0.2) is 24.3 Å². The first-order valence-electron chi connectivity index (χ1n) is 5.38. The van der Waals surface area contributed by atoms with Crippen molar-refractivity contribution < 1.29 is 4.79 Å². The van der Waals surface area contributed by atoms with Crippen LogP contribution in [-0.4, -0.2) is 18.5 Å². The SMILES string of the molecule is Cl.NCC(=O)NC1C2Cc3ccccc3C21. The minimum Gasteiger partial charge on any atom is -0.351 e. The zero-order valence-corrected chi connectivity index (χ0v) is 9.67. The number of rotatable bonds is 2. The van der Waals surface area contributed by atoms with Crippen LogP contribution in [0, 0.1) is 5.92 Å². The fourth-order valence-corrected chi connectivity index (χ4v) is 2.79. The molecular weight excluding hydrogens is 224 g/mol. The standard InChI is InChI=1S/C12H14N2O.ClH/c13-6-10(15)14-12-9-5-7-3-1-2-4-8(7)11(9)12;/h1-4,9,11-12H,5-6,13H2,(H,14,15);1H. The van der Waals surface area contributed by atoms with Gasteiger partial charge in [-0.1, -0.05) is 24.3 Å². The second kappa shape index (κ2) is 4.07. The van der Waals surface area contributed by atoms with E-state index in [2.05, 4.69) is 29.6 Å². The van der Waals surface area contributed by atoms with Gasteiger partial charge in [0.2, 0.25) is 5.91 Å². The van der Waals surface area contributed by atoms with E-state index in [4.69, 9.17) is 5.73 Å². The molecule has 0 bridgehead atoms. The van der Waals surface area contributed by atoms with Crippen LogP contribution < -0.4 is 11.1 Å². The summed E-state index contributed by atoms with van der Waals surface area (Å²) in [6, 6.07) is 8.85. The fourth-order valence-electron chi connectivity index (χ4n) is 2.79. The van der Waals surface area contributed by atoms with E-state index in [1.807, 2.05) is 0 Å². The number of fused-ring (bicyclic) bond motifs is 3. The molecule has 1 amide bonds. The third-order valence-corrected chi connectivity index (χ3v) is 3.55. The molecule has 1 saturated carbocycles. The highest BCUT2D eigenvalue weighted by Crippen LogP contribution is 2.56. The van der Waals surface area contributed by atoms with Gasteiger partial charge in [0.05, 0.1) is 6.54 Å². The molecule has 3 nitrogen and oxygen atoms in total. The van der Waals surface area contributed by atoms with Crippen molar-refractivity contribution in [2.45, 2.75) is 18.4 Å². The third kappa shape index (κ3) is 1.60. The van der Waals surface area contributed by atoms with Gasteiger partial charge in [0.25, 0.3) is 0 Å². The predicted octanol–water partition coefficient (Wildman–Crippen LogP) is 0.821. The molecule has 0 heterocycles. The summed E-state index contributed by atoms with van der Waals surface area (Å²) in [7, 11) is 0. The molecule has 1 fully saturated rings. The molecule has 3 rings (SSSR count). The first-order chi connectivity index (χ1) is 7.31. The number of hydrogen-bond donors (Lipinski definition) is 2. The summed E-state index contributed by atoms with van der Waals surface area (Å²) in [5, 5.41) is 2.98. The van der Waals surface area contributed by atoms with Gasteiger partial charge in [0.1, 0.15) is 0 Å². The van der Waals surface area contributed by atoms with Gasteiger partial charge < -0.3 is 11.1 Å². The van der Waals surface area contributed by atoms with Crippen molar-refractivity contribution in [3.05, 3.63) is 35.4 Å². The highest BCUT2D eigenvalue weighted by molar-refractivity contribution is 5.85. The maximum Gasteiger partial charge on any atom is 0.233 e. The largest absolute Gasteiger partial charge is 0.351 e. The molecule has 16 heavy (non-hydrogen) atoms. The second-order valence-electron chi connectivity index (χ2n) is 4.39. The summed E-state index contributed by atoms with van der Waals surface area (Å²) in [6.45, 7) is 0.0948. The normalized spacial score (nSPS) is 28.7. The number of carbonyl (C=O) groups excluding carboxylic acids is 1. The average molecular weight is 239 g/mol. The van der Waals surface area contributed by atoms with Gasteiger partial charge in [-0.15, -0.1) is 12.4 Å². The average Bonchev–Trinajstić information content (AvgIpc) is 2.77. The summed E-state index contributed by atoms with van der Waals surface area (Å²) in [6.07, 6.45) is 1.11. The lowest BCUT2D eigenvalue weighted by molar-refractivity contribution is -0.119. The minimum atomic E-state index is -0.0353. The monoisotopic (exact) mass is 238 g/mol. The molecule has 0 aliphatic heterocycles. The summed E-state index contributed by atoms with van der Waals surface area (Å²) >= 11 is 0. The van der Waals surface area contributed by atoms with Gasteiger partial charge in [-0.25, -0.2) is 0 Å². The Morgan fingerprint density at radius 3 is 2.94 bits per heavy atom. The maximum atomic E-state index is 11.2. The molecule has 0 aromatic heterocycles.